The van der Waals surface area contributed by atoms with Crippen LogP contribution in [0.1, 0.15) is 41.1 Å². The van der Waals surface area contributed by atoms with Crippen molar-refractivity contribution in [1.82, 2.24) is 20.0 Å². The summed E-state index contributed by atoms with van der Waals surface area (Å²) in [5, 5.41) is 4.09. The van der Waals surface area contributed by atoms with Gasteiger partial charge >= 0.3 is 0 Å². The van der Waals surface area contributed by atoms with Crippen LogP contribution < -0.4 is 0 Å². The summed E-state index contributed by atoms with van der Waals surface area (Å²) in [5.41, 5.74) is 2.48. The third-order valence-corrected chi connectivity index (χ3v) is 4.99. The van der Waals surface area contributed by atoms with Crippen LogP contribution in [0.5, 0.6) is 0 Å². The SMILES string of the molecule is Cc1ccc(C(=O)N2CCCC2CCc2noc(-c3ccccc3)n2)cn1. The molecule has 1 amide bonds. The summed E-state index contributed by atoms with van der Waals surface area (Å²) < 4.78 is 5.37. The molecule has 0 aliphatic carbocycles. The molecule has 1 aliphatic heterocycles. The Hall–Kier alpha value is -3.02. The lowest BCUT2D eigenvalue weighted by molar-refractivity contribution is 0.0729. The number of hydrogen-bond donors (Lipinski definition) is 0. The second-order valence-corrected chi connectivity index (χ2v) is 6.90. The van der Waals surface area contributed by atoms with Crippen molar-refractivity contribution in [2.45, 2.75) is 38.6 Å². The lowest BCUT2D eigenvalue weighted by Crippen LogP contribution is -2.36. The van der Waals surface area contributed by atoms with Gasteiger partial charge in [0.25, 0.3) is 11.8 Å². The van der Waals surface area contributed by atoms with Crippen molar-refractivity contribution in [2.75, 3.05) is 6.54 Å². The number of nitrogens with zero attached hydrogens (tertiary/aromatic N) is 4. The highest BCUT2D eigenvalue weighted by Crippen LogP contribution is 2.24. The quantitative estimate of drug-likeness (QED) is 0.692. The first-order valence-corrected chi connectivity index (χ1v) is 9.32. The molecule has 3 aromatic rings. The highest BCUT2D eigenvalue weighted by atomic mass is 16.5. The third-order valence-electron chi connectivity index (χ3n) is 4.99. The van der Waals surface area contributed by atoms with Crippen molar-refractivity contribution < 1.29 is 9.32 Å². The minimum Gasteiger partial charge on any atom is -0.336 e. The van der Waals surface area contributed by atoms with E-state index in [0.29, 0.717) is 23.7 Å². The minimum atomic E-state index is 0.0584. The lowest BCUT2D eigenvalue weighted by atomic mass is 10.1. The molecule has 3 heterocycles. The summed E-state index contributed by atoms with van der Waals surface area (Å²) >= 11 is 0. The summed E-state index contributed by atoms with van der Waals surface area (Å²) in [5.74, 6) is 1.28. The average Bonchev–Trinajstić information content (AvgIpc) is 3.36. The van der Waals surface area contributed by atoms with Crippen molar-refractivity contribution >= 4 is 5.91 Å². The topological polar surface area (TPSA) is 72.1 Å². The van der Waals surface area contributed by atoms with Gasteiger partial charge < -0.3 is 9.42 Å². The summed E-state index contributed by atoms with van der Waals surface area (Å²) in [6.45, 7) is 2.71. The maximum atomic E-state index is 12.8. The first-order chi connectivity index (χ1) is 13.2. The van der Waals surface area contributed by atoms with Crippen LogP contribution in [0.3, 0.4) is 0 Å². The maximum Gasteiger partial charge on any atom is 0.257 e. The van der Waals surface area contributed by atoms with Gasteiger partial charge in [-0.3, -0.25) is 9.78 Å². The Kier molecular flexibility index (Phi) is 4.96. The number of rotatable bonds is 5. The average molecular weight is 362 g/mol. The molecule has 0 radical (unpaired) electrons. The molecule has 4 rings (SSSR count). The molecule has 0 saturated carbocycles. The fourth-order valence-corrected chi connectivity index (χ4v) is 3.51. The number of amides is 1. The van der Waals surface area contributed by atoms with Gasteiger partial charge in [0.05, 0.1) is 5.56 Å². The van der Waals surface area contributed by atoms with E-state index in [1.54, 1.807) is 6.20 Å². The van der Waals surface area contributed by atoms with Crippen LogP contribution in [-0.4, -0.2) is 38.5 Å². The summed E-state index contributed by atoms with van der Waals surface area (Å²) in [6.07, 6.45) is 5.22. The van der Waals surface area contributed by atoms with Crippen LogP contribution in [-0.2, 0) is 6.42 Å². The van der Waals surface area contributed by atoms with Crippen molar-refractivity contribution in [1.29, 1.82) is 0 Å². The largest absolute Gasteiger partial charge is 0.336 e. The molecule has 0 spiro atoms. The Bertz CT molecular complexity index is 905. The summed E-state index contributed by atoms with van der Waals surface area (Å²) in [6, 6.07) is 13.7. The zero-order chi connectivity index (χ0) is 18.6. The van der Waals surface area contributed by atoms with Gasteiger partial charge in [-0.25, -0.2) is 0 Å². The molecule has 1 aromatic carbocycles. The highest BCUT2D eigenvalue weighted by molar-refractivity contribution is 5.94. The zero-order valence-electron chi connectivity index (χ0n) is 15.3. The number of pyridine rings is 1. The predicted molar refractivity (Wildman–Crippen MR) is 101 cm³/mol. The summed E-state index contributed by atoms with van der Waals surface area (Å²) in [4.78, 5) is 23.5. The second kappa shape index (κ2) is 7.70. The fourth-order valence-electron chi connectivity index (χ4n) is 3.51. The molecular formula is C21H22N4O2. The van der Waals surface area contributed by atoms with Crippen LogP contribution in [0, 0.1) is 6.92 Å². The normalized spacial score (nSPS) is 16.6. The molecule has 27 heavy (non-hydrogen) atoms. The third kappa shape index (κ3) is 3.89. The van der Waals surface area contributed by atoms with Crippen LogP contribution in [0.15, 0.2) is 53.2 Å². The van der Waals surface area contributed by atoms with Crippen LogP contribution in [0.25, 0.3) is 11.5 Å². The Morgan fingerprint density at radius 2 is 2.07 bits per heavy atom. The first kappa shape index (κ1) is 17.4. The van der Waals surface area contributed by atoms with Gasteiger partial charge in [0.2, 0.25) is 0 Å². The van der Waals surface area contributed by atoms with E-state index in [4.69, 9.17) is 4.52 Å². The van der Waals surface area contributed by atoms with Crippen LogP contribution in [0.2, 0.25) is 0 Å². The van der Waals surface area contributed by atoms with E-state index in [-0.39, 0.29) is 11.9 Å². The molecule has 1 aliphatic rings. The Morgan fingerprint density at radius 3 is 2.85 bits per heavy atom. The maximum absolute atomic E-state index is 12.8. The Balaban J connectivity index is 1.40. The van der Waals surface area contributed by atoms with Crippen molar-refractivity contribution in [3.8, 4) is 11.5 Å². The molecule has 1 unspecified atom stereocenters. The van der Waals surface area contributed by atoms with E-state index in [1.807, 2.05) is 54.3 Å². The van der Waals surface area contributed by atoms with Crippen molar-refractivity contribution in [3.63, 3.8) is 0 Å². The van der Waals surface area contributed by atoms with Gasteiger partial charge in [-0.05, 0) is 50.5 Å². The van der Waals surface area contributed by atoms with Crippen molar-refractivity contribution in [3.05, 3.63) is 65.7 Å². The predicted octanol–water partition coefficient (Wildman–Crippen LogP) is 3.68. The number of hydrogen-bond acceptors (Lipinski definition) is 5. The molecule has 138 valence electrons. The molecule has 1 fully saturated rings. The Labute approximate surface area is 158 Å². The monoisotopic (exact) mass is 362 g/mol. The smallest absolute Gasteiger partial charge is 0.257 e. The van der Waals surface area contributed by atoms with Gasteiger partial charge in [-0.2, -0.15) is 4.98 Å². The second-order valence-electron chi connectivity index (χ2n) is 6.90. The number of carbonyl (C=O) groups is 1. The van der Waals surface area contributed by atoms with E-state index < -0.39 is 0 Å². The number of carbonyl (C=O) groups excluding carboxylic acids is 1. The van der Waals surface area contributed by atoms with Gasteiger partial charge in [0, 0.05) is 36.5 Å². The van der Waals surface area contributed by atoms with Gasteiger partial charge in [-0.15, -0.1) is 0 Å². The molecule has 6 heteroatoms. The van der Waals surface area contributed by atoms with E-state index in [9.17, 15) is 4.79 Å². The van der Waals surface area contributed by atoms with E-state index in [1.165, 1.54) is 0 Å². The number of aromatic nitrogens is 3. The highest BCUT2D eigenvalue weighted by Gasteiger charge is 2.29. The van der Waals surface area contributed by atoms with Crippen LogP contribution in [0.4, 0.5) is 0 Å². The van der Waals surface area contributed by atoms with E-state index >= 15 is 0 Å². The molecule has 1 saturated heterocycles. The minimum absolute atomic E-state index is 0.0584. The van der Waals surface area contributed by atoms with Crippen molar-refractivity contribution in [2.24, 2.45) is 0 Å². The number of benzene rings is 1. The van der Waals surface area contributed by atoms with Crippen LogP contribution >= 0.6 is 0 Å². The molecule has 0 bridgehead atoms. The Morgan fingerprint density at radius 1 is 1.22 bits per heavy atom. The van der Waals surface area contributed by atoms with E-state index in [2.05, 4.69) is 15.1 Å². The first-order valence-electron chi connectivity index (χ1n) is 9.32. The fraction of sp³-hybridized carbons (Fsp3) is 0.333. The molecule has 0 N–H and O–H groups in total. The molecule has 6 nitrogen and oxygen atoms in total. The standard InChI is InChI=1S/C21H22N4O2/c1-15-9-10-17(14-22-15)21(26)25-13-5-8-18(25)11-12-19-23-20(27-24-19)16-6-3-2-4-7-16/h2-4,6-7,9-10,14,18H,5,8,11-13H2,1H3. The molecule has 1 atom stereocenters. The van der Waals surface area contributed by atoms with E-state index in [0.717, 1.165) is 37.1 Å². The number of likely N-dealkylation sites (tertiary alicyclic amines) is 1. The zero-order valence-corrected chi connectivity index (χ0v) is 15.3. The van der Waals surface area contributed by atoms with Gasteiger partial charge in [0.15, 0.2) is 5.82 Å². The summed E-state index contributed by atoms with van der Waals surface area (Å²) in [7, 11) is 0. The molecule has 2 aromatic heterocycles. The lowest BCUT2D eigenvalue weighted by Gasteiger charge is -2.24. The van der Waals surface area contributed by atoms with Gasteiger partial charge in [0.1, 0.15) is 0 Å². The molecular weight excluding hydrogens is 340 g/mol. The van der Waals surface area contributed by atoms with Gasteiger partial charge in [-0.1, -0.05) is 23.4 Å². The number of aryl methyl sites for hydroxylation is 2.